The Morgan fingerprint density at radius 2 is 1.85 bits per heavy atom. The van der Waals surface area contributed by atoms with E-state index in [-0.39, 0.29) is 12.3 Å². The van der Waals surface area contributed by atoms with Gasteiger partial charge in [-0.2, -0.15) is 4.99 Å². The molecule has 1 amide bonds. The predicted octanol–water partition coefficient (Wildman–Crippen LogP) is 4.55. The van der Waals surface area contributed by atoms with Crippen molar-refractivity contribution < 1.29 is 9.53 Å². The molecule has 0 fully saturated rings. The number of methoxy groups -OCH3 is 1. The van der Waals surface area contributed by atoms with Crippen molar-refractivity contribution in [3.63, 3.8) is 0 Å². The number of nitrogens with zero attached hydrogens (tertiary/aromatic N) is 2. The number of carbonyl (C=O) groups is 1. The van der Waals surface area contributed by atoms with Crippen LogP contribution < -0.4 is 9.54 Å². The molecule has 27 heavy (non-hydrogen) atoms. The largest absolute Gasteiger partial charge is 0.495 e. The molecule has 5 heteroatoms. The van der Waals surface area contributed by atoms with Gasteiger partial charge in [0.2, 0.25) is 0 Å². The normalized spacial score (nSPS) is 12.0. The maximum Gasteiger partial charge on any atom is 0.252 e. The number of carbonyl (C=O) groups excluding carboxylic acids is 1. The minimum absolute atomic E-state index is 0.140. The second-order valence-electron chi connectivity index (χ2n) is 6.26. The Morgan fingerprint density at radius 1 is 1.07 bits per heavy atom. The van der Waals surface area contributed by atoms with Crippen molar-refractivity contribution in [2.45, 2.75) is 19.9 Å². The van der Waals surface area contributed by atoms with Crippen LogP contribution >= 0.6 is 11.3 Å². The van der Waals surface area contributed by atoms with Crippen molar-refractivity contribution in [2.75, 3.05) is 7.11 Å². The van der Waals surface area contributed by atoms with E-state index in [1.165, 1.54) is 11.3 Å². The highest BCUT2D eigenvalue weighted by atomic mass is 32.1. The second kappa shape index (κ2) is 7.37. The van der Waals surface area contributed by atoms with Crippen molar-refractivity contribution in [1.29, 1.82) is 0 Å². The lowest BCUT2D eigenvalue weighted by Gasteiger charge is -2.06. The highest BCUT2D eigenvalue weighted by Gasteiger charge is 2.12. The van der Waals surface area contributed by atoms with E-state index in [0.29, 0.717) is 4.80 Å². The molecule has 0 spiro atoms. The number of fused-ring (bicyclic) bond motifs is 2. The quantitative estimate of drug-likeness (QED) is 0.524. The summed E-state index contributed by atoms with van der Waals surface area (Å²) in [6.07, 6.45) is 0.288. The van der Waals surface area contributed by atoms with Gasteiger partial charge in [-0.15, -0.1) is 0 Å². The predicted molar refractivity (Wildman–Crippen MR) is 110 cm³/mol. The smallest absolute Gasteiger partial charge is 0.252 e. The van der Waals surface area contributed by atoms with Crippen molar-refractivity contribution in [2.24, 2.45) is 4.99 Å². The van der Waals surface area contributed by atoms with Crippen LogP contribution in [0, 0.1) is 0 Å². The molecule has 0 aliphatic heterocycles. The minimum Gasteiger partial charge on any atom is -0.495 e. The molecule has 0 unspecified atom stereocenters. The van der Waals surface area contributed by atoms with E-state index in [4.69, 9.17) is 4.74 Å². The van der Waals surface area contributed by atoms with Crippen LogP contribution in [0.4, 0.5) is 0 Å². The lowest BCUT2D eigenvalue weighted by atomic mass is 10.0. The van der Waals surface area contributed by atoms with Crippen LogP contribution in [-0.2, 0) is 17.8 Å². The molecule has 0 bridgehead atoms. The van der Waals surface area contributed by atoms with E-state index in [9.17, 15) is 4.79 Å². The van der Waals surface area contributed by atoms with E-state index < -0.39 is 0 Å². The summed E-state index contributed by atoms with van der Waals surface area (Å²) in [7, 11) is 1.66. The summed E-state index contributed by atoms with van der Waals surface area (Å²) in [5, 5.41) is 2.24. The Bertz CT molecular complexity index is 1200. The molecule has 0 saturated carbocycles. The standard InChI is InChI=1S/C22H20N2O2S/c1-3-24-21-18(26-2)12-7-13-19(21)27-22(24)23-20(25)14-16-10-6-9-15-8-4-5-11-17(15)16/h4-13H,3,14H2,1-2H3. The number of hydrogen-bond acceptors (Lipinski definition) is 3. The maximum atomic E-state index is 12.7. The lowest BCUT2D eigenvalue weighted by molar-refractivity contribution is -0.117. The first-order chi connectivity index (χ1) is 13.2. The fourth-order valence-corrected chi connectivity index (χ4v) is 4.53. The molecule has 4 aromatic rings. The van der Waals surface area contributed by atoms with Gasteiger partial charge in [0, 0.05) is 6.54 Å². The lowest BCUT2D eigenvalue weighted by Crippen LogP contribution is -2.17. The van der Waals surface area contributed by atoms with Gasteiger partial charge < -0.3 is 9.30 Å². The molecule has 0 aliphatic rings. The van der Waals surface area contributed by atoms with Crippen LogP contribution in [0.2, 0.25) is 0 Å². The number of aryl methyl sites for hydroxylation is 1. The van der Waals surface area contributed by atoms with Crippen LogP contribution in [0.25, 0.3) is 21.0 Å². The molecule has 0 radical (unpaired) electrons. The molecule has 4 rings (SSSR count). The Labute approximate surface area is 161 Å². The molecular weight excluding hydrogens is 356 g/mol. The Kier molecular flexibility index (Phi) is 4.77. The number of amides is 1. The molecule has 3 aromatic carbocycles. The molecule has 0 aliphatic carbocycles. The van der Waals surface area contributed by atoms with Crippen LogP contribution in [0.3, 0.4) is 0 Å². The van der Waals surface area contributed by atoms with Gasteiger partial charge in [-0.1, -0.05) is 59.9 Å². The molecular formula is C22H20N2O2S. The van der Waals surface area contributed by atoms with E-state index >= 15 is 0 Å². The summed E-state index contributed by atoms with van der Waals surface area (Å²) in [5.74, 6) is 0.660. The third-order valence-electron chi connectivity index (χ3n) is 4.64. The van der Waals surface area contributed by atoms with E-state index in [2.05, 4.69) is 23.2 Å². The first kappa shape index (κ1) is 17.5. The highest BCUT2D eigenvalue weighted by molar-refractivity contribution is 7.16. The topological polar surface area (TPSA) is 43.6 Å². The number of aromatic nitrogens is 1. The monoisotopic (exact) mass is 376 g/mol. The second-order valence-corrected chi connectivity index (χ2v) is 7.27. The maximum absolute atomic E-state index is 12.7. The summed E-state index contributed by atoms with van der Waals surface area (Å²) >= 11 is 1.52. The van der Waals surface area contributed by atoms with Gasteiger partial charge in [0.05, 0.1) is 18.2 Å². The van der Waals surface area contributed by atoms with E-state index in [1.54, 1.807) is 7.11 Å². The van der Waals surface area contributed by atoms with Crippen LogP contribution in [0.5, 0.6) is 5.75 Å². The molecule has 0 N–H and O–H groups in total. The first-order valence-corrected chi connectivity index (χ1v) is 9.73. The average Bonchev–Trinajstić information content (AvgIpc) is 3.05. The highest BCUT2D eigenvalue weighted by Crippen LogP contribution is 2.27. The molecule has 1 aromatic heterocycles. The van der Waals surface area contributed by atoms with Crippen LogP contribution in [0.15, 0.2) is 65.7 Å². The summed E-state index contributed by atoms with van der Waals surface area (Å²) in [4.78, 5) is 17.9. The molecule has 1 heterocycles. The molecule has 136 valence electrons. The summed E-state index contributed by atoms with van der Waals surface area (Å²) in [6, 6.07) is 20.1. The van der Waals surface area contributed by atoms with Gasteiger partial charge in [-0.05, 0) is 35.4 Å². The Balaban J connectivity index is 1.76. The molecule has 4 nitrogen and oxygen atoms in total. The summed E-state index contributed by atoms with van der Waals surface area (Å²) in [6.45, 7) is 2.77. The van der Waals surface area contributed by atoms with E-state index in [1.807, 2.05) is 54.0 Å². The molecule has 0 atom stereocenters. The van der Waals surface area contributed by atoms with Gasteiger partial charge in [0.25, 0.3) is 5.91 Å². The third-order valence-corrected chi connectivity index (χ3v) is 5.69. The number of thiazole rings is 1. The van der Waals surface area contributed by atoms with Crippen LogP contribution in [0.1, 0.15) is 12.5 Å². The third kappa shape index (κ3) is 3.26. The number of rotatable bonds is 4. The average molecular weight is 376 g/mol. The van der Waals surface area contributed by atoms with Gasteiger partial charge >= 0.3 is 0 Å². The number of hydrogen-bond donors (Lipinski definition) is 0. The fraction of sp³-hybridized carbons (Fsp3) is 0.182. The first-order valence-electron chi connectivity index (χ1n) is 8.91. The zero-order chi connectivity index (χ0) is 18.8. The van der Waals surface area contributed by atoms with Crippen molar-refractivity contribution in [1.82, 2.24) is 4.57 Å². The fourth-order valence-electron chi connectivity index (χ4n) is 3.40. The van der Waals surface area contributed by atoms with E-state index in [0.717, 1.165) is 38.8 Å². The number of benzene rings is 3. The zero-order valence-electron chi connectivity index (χ0n) is 15.3. The Hall–Kier alpha value is -2.92. The summed E-state index contributed by atoms with van der Waals surface area (Å²) < 4.78 is 8.60. The van der Waals surface area contributed by atoms with Crippen molar-refractivity contribution in [3.8, 4) is 5.75 Å². The van der Waals surface area contributed by atoms with Gasteiger partial charge in [-0.25, -0.2) is 0 Å². The minimum atomic E-state index is -0.140. The van der Waals surface area contributed by atoms with Crippen molar-refractivity contribution in [3.05, 3.63) is 71.0 Å². The van der Waals surface area contributed by atoms with Crippen molar-refractivity contribution >= 4 is 38.2 Å². The number of ether oxygens (including phenoxy) is 1. The van der Waals surface area contributed by atoms with Gasteiger partial charge in [-0.3, -0.25) is 4.79 Å². The summed E-state index contributed by atoms with van der Waals surface area (Å²) in [5.41, 5.74) is 1.99. The zero-order valence-corrected chi connectivity index (χ0v) is 16.1. The number of para-hydroxylation sites is 1. The van der Waals surface area contributed by atoms with Crippen LogP contribution in [-0.4, -0.2) is 17.6 Å². The van der Waals surface area contributed by atoms with Gasteiger partial charge in [0.15, 0.2) is 4.80 Å². The molecule has 0 saturated heterocycles. The van der Waals surface area contributed by atoms with Gasteiger partial charge in [0.1, 0.15) is 11.3 Å². The Morgan fingerprint density at radius 3 is 2.67 bits per heavy atom. The SMILES string of the molecule is CCn1c(=NC(=O)Cc2cccc3ccccc23)sc2cccc(OC)c21.